The van der Waals surface area contributed by atoms with Gasteiger partial charge in [-0.05, 0) is 25.6 Å². The highest BCUT2D eigenvalue weighted by Gasteiger charge is 2.27. The summed E-state index contributed by atoms with van der Waals surface area (Å²) in [7, 11) is 0. The van der Waals surface area contributed by atoms with Crippen molar-refractivity contribution in [3.8, 4) is 0 Å². The molecule has 0 saturated carbocycles. The maximum atomic E-state index is 11.6. The summed E-state index contributed by atoms with van der Waals surface area (Å²) in [6, 6.07) is 0. The van der Waals surface area contributed by atoms with Gasteiger partial charge in [0, 0.05) is 18.8 Å². The van der Waals surface area contributed by atoms with Crippen molar-refractivity contribution in [2.45, 2.75) is 25.0 Å². The molecule has 0 aromatic heterocycles. The number of aliphatic hydroxyl groups is 1. The first kappa shape index (κ1) is 13.1. The molecule has 13 heavy (non-hydrogen) atoms. The van der Waals surface area contributed by atoms with Gasteiger partial charge in [-0.25, -0.2) is 0 Å². The first-order valence-electron chi connectivity index (χ1n) is 3.84. The van der Waals surface area contributed by atoms with Gasteiger partial charge in [0.05, 0.1) is 5.60 Å². The summed E-state index contributed by atoms with van der Waals surface area (Å²) in [5.41, 5.74) is -5.03. The highest BCUT2D eigenvalue weighted by atomic mass is 32.2. The minimum Gasteiger partial charge on any atom is -0.389 e. The SMILES string of the molecule is CC(C)(O)CNCCSC(F)(F)F. The Morgan fingerprint density at radius 2 is 1.85 bits per heavy atom. The molecule has 2 N–H and O–H groups in total. The van der Waals surface area contributed by atoms with E-state index in [2.05, 4.69) is 5.32 Å². The topological polar surface area (TPSA) is 32.3 Å². The monoisotopic (exact) mass is 217 g/mol. The third-order valence-electron chi connectivity index (χ3n) is 1.10. The van der Waals surface area contributed by atoms with Gasteiger partial charge in [-0.1, -0.05) is 0 Å². The second-order valence-electron chi connectivity index (χ2n) is 3.28. The molecule has 2 nitrogen and oxygen atoms in total. The summed E-state index contributed by atoms with van der Waals surface area (Å²) in [6.45, 7) is 3.73. The predicted molar refractivity (Wildman–Crippen MR) is 47.7 cm³/mol. The molecule has 0 aromatic carbocycles. The molecule has 0 atom stereocenters. The standard InChI is InChI=1S/C7H14F3NOS/c1-6(2,12)5-11-3-4-13-7(8,9)10/h11-12H,3-5H2,1-2H3. The molecule has 0 aliphatic heterocycles. The van der Waals surface area contributed by atoms with Gasteiger partial charge in [0.2, 0.25) is 0 Å². The highest BCUT2D eigenvalue weighted by molar-refractivity contribution is 8.00. The van der Waals surface area contributed by atoms with Crippen molar-refractivity contribution in [3.05, 3.63) is 0 Å². The van der Waals surface area contributed by atoms with Gasteiger partial charge in [-0.15, -0.1) is 0 Å². The highest BCUT2D eigenvalue weighted by Crippen LogP contribution is 2.29. The van der Waals surface area contributed by atoms with E-state index >= 15 is 0 Å². The molecule has 0 fully saturated rings. The van der Waals surface area contributed by atoms with Crippen LogP contribution in [-0.4, -0.2) is 35.1 Å². The molecule has 0 heterocycles. The largest absolute Gasteiger partial charge is 0.441 e. The molecule has 0 aliphatic carbocycles. The number of hydrogen-bond donors (Lipinski definition) is 2. The fraction of sp³-hybridized carbons (Fsp3) is 1.00. The number of hydrogen-bond acceptors (Lipinski definition) is 3. The van der Waals surface area contributed by atoms with Crippen LogP contribution in [0.5, 0.6) is 0 Å². The lowest BCUT2D eigenvalue weighted by Crippen LogP contribution is -2.35. The summed E-state index contributed by atoms with van der Waals surface area (Å²) in [5.74, 6) is -0.0282. The summed E-state index contributed by atoms with van der Waals surface area (Å²) in [4.78, 5) is 0. The molecule has 0 radical (unpaired) electrons. The van der Waals surface area contributed by atoms with Crippen LogP contribution in [-0.2, 0) is 0 Å². The number of nitrogens with one attached hydrogen (secondary N) is 1. The molecule has 0 aliphatic rings. The third kappa shape index (κ3) is 12.1. The Balaban J connectivity index is 3.28. The van der Waals surface area contributed by atoms with Crippen molar-refractivity contribution in [2.24, 2.45) is 0 Å². The number of thioether (sulfide) groups is 1. The van der Waals surface area contributed by atoms with Crippen LogP contribution in [0.25, 0.3) is 0 Å². The van der Waals surface area contributed by atoms with Crippen molar-refractivity contribution in [2.75, 3.05) is 18.8 Å². The zero-order valence-corrected chi connectivity index (χ0v) is 8.43. The van der Waals surface area contributed by atoms with Crippen LogP contribution < -0.4 is 5.32 Å². The normalized spacial score (nSPS) is 13.4. The average molecular weight is 217 g/mol. The second kappa shape index (κ2) is 5.07. The maximum absolute atomic E-state index is 11.6. The van der Waals surface area contributed by atoms with Gasteiger partial charge in [0.15, 0.2) is 0 Å². The van der Waals surface area contributed by atoms with Gasteiger partial charge in [0.1, 0.15) is 0 Å². The van der Waals surface area contributed by atoms with Crippen LogP contribution >= 0.6 is 11.8 Å². The molecule has 80 valence electrons. The first-order valence-corrected chi connectivity index (χ1v) is 4.83. The van der Waals surface area contributed by atoms with E-state index in [0.29, 0.717) is 6.54 Å². The lowest BCUT2D eigenvalue weighted by atomic mass is 10.1. The van der Waals surface area contributed by atoms with Gasteiger partial charge < -0.3 is 10.4 Å². The van der Waals surface area contributed by atoms with Crippen molar-refractivity contribution in [1.29, 1.82) is 0 Å². The summed E-state index contributed by atoms with van der Waals surface area (Å²) in [6.07, 6.45) is 0. The van der Waals surface area contributed by atoms with Crippen molar-refractivity contribution in [1.82, 2.24) is 5.32 Å². The van der Waals surface area contributed by atoms with Crippen molar-refractivity contribution >= 4 is 11.8 Å². The fourth-order valence-electron chi connectivity index (χ4n) is 0.633. The Hall–Kier alpha value is 0.0600. The van der Waals surface area contributed by atoms with Crippen molar-refractivity contribution in [3.63, 3.8) is 0 Å². The zero-order valence-electron chi connectivity index (χ0n) is 7.61. The summed E-state index contributed by atoms with van der Waals surface area (Å²) < 4.78 is 34.8. The number of halogens is 3. The van der Waals surface area contributed by atoms with Crippen LogP contribution in [0, 0.1) is 0 Å². The quantitative estimate of drug-likeness (QED) is 0.686. The molecule has 0 amide bonds. The van der Waals surface area contributed by atoms with Crippen molar-refractivity contribution < 1.29 is 18.3 Å². The van der Waals surface area contributed by atoms with E-state index < -0.39 is 11.1 Å². The Kier molecular flexibility index (Phi) is 5.09. The minimum atomic E-state index is -4.16. The summed E-state index contributed by atoms with van der Waals surface area (Å²) >= 11 is -0.0600. The molecule has 0 unspecified atom stereocenters. The van der Waals surface area contributed by atoms with Crippen LogP contribution in [0.2, 0.25) is 0 Å². The third-order valence-corrected chi connectivity index (χ3v) is 1.84. The lowest BCUT2D eigenvalue weighted by Gasteiger charge is -2.17. The molecular weight excluding hydrogens is 203 g/mol. The Morgan fingerprint density at radius 1 is 1.31 bits per heavy atom. The molecule has 0 rings (SSSR count). The van der Waals surface area contributed by atoms with E-state index in [1.807, 2.05) is 0 Å². The first-order chi connectivity index (χ1) is 5.71. The molecular formula is C7H14F3NOS. The number of rotatable bonds is 5. The van der Waals surface area contributed by atoms with E-state index in [9.17, 15) is 18.3 Å². The van der Waals surface area contributed by atoms with E-state index in [0.717, 1.165) is 0 Å². The second-order valence-corrected chi connectivity index (χ2v) is 4.44. The number of alkyl halides is 3. The van der Waals surface area contributed by atoms with E-state index in [4.69, 9.17) is 0 Å². The zero-order chi connectivity index (χ0) is 10.5. The van der Waals surface area contributed by atoms with E-state index in [1.165, 1.54) is 0 Å². The summed E-state index contributed by atoms with van der Waals surface area (Å²) in [5, 5.41) is 11.9. The van der Waals surface area contributed by atoms with Crippen LogP contribution in [0.4, 0.5) is 13.2 Å². The minimum absolute atomic E-state index is 0.0282. The van der Waals surface area contributed by atoms with E-state index in [-0.39, 0.29) is 24.1 Å². The average Bonchev–Trinajstić information content (AvgIpc) is 1.81. The lowest BCUT2D eigenvalue weighted by molar-refractivity contribution is -0.0327. The van der Waals surface area contributed by atoms with Gasteiger partial charge in [-0.3, -0.25) is 0 Å². The molecule has 0 saturated heterocycles. The Morgan fingerprint density at radius 3 is 2.23 bits per heavy atom. The predicted octanol–water partition coefficient (Wildman–Crippen LogP) is 1.60. The van der Waals surface area contributed by atoms with E-state index in [1.54, 1.807) is 13.8 Å². The molecule has 0 aromatic rings. The Labute approximate surface area is 79.9 Å². The van der Waals surface area contributed by atoms with Gasteiger partial charge >= 0.3 is 5.51 Å². The van der Waals surface area contributed by atoms with Gasteiger partial charge in [0.25, 0.3) is 0 Å². The van der Waals surface area contributed by atoms with Crippen LogP contribution in [0.3, 0.4) is 0 Å². The molecule has 0 spiro atoms. The Bertz CT molecular complexity index is 128. The smallest absolute Gasteiger partial charge is 0.389 e. The molecule has 0 bridgehead atoms. The van der Waals surface area contributed by atoms with Crippen LogP contribution in [0.15, 0.2) is 0 Å². The maximum Gasteiger partial charge on any atom is 0.441 e. The fourth-order valence-corrected chi connectivity index (χ4v) is 1.11. The molecule has 6 heteroatoms. The van der Waals surface area contributed by atoms with Gasteiger partial charge in [-0.2, -0.15) is 13.2 Å². The van der Waals surface area contributed by atoms with Crippen LogP contribution in [0.1, 0.15) is 13.8 Å².